The third kappa shape index (κ3) is 5.88. The van der Waals surface area contributed by atoms with Crippen molar-refractivity contribution in [1.29, 1.82) is 0 Å². The number of halogens is 4. The molecule has 0 spiro atoms. The Kier molecular flexibility index (Phi) is 7.45. The van der Waals surface area contributed by atoms with Gasteiger partial charge >= 0.3 is 6.18 Å². The number of nitrogens with zero attached hydrogens (tertiary/aromatic N) is 2. The van der Waals surface area contributed by atoms with E-state index in [4.69, 9.17) is 11.6 Å². The molecular weight excluding hydrogens is 507 g/mol. The molecule has 3 aromatic rings. The highest BCUT2D eigenvalue weighted by Crippen LogP contribution is 2.38. The van der Waals surface area contributed by atoms with Gasteiger partial charge in [-0.2, -0.15) is 13.2 Å². The van der Waals surface area contributed by atoms with E-state index in [0.717, 1.165) is 34.4 Å². The maximum Gasteiger partial charge on any atom is 0.416 e. The van der Waals surface area contributed by atoms with Gasteiger partial charge < -0.3 is 5.32 Å². The Morgan fingerprint density at radius 2 is 1.70 bits per heavy atom. The molecule has 1 heterocycles. The van der Waals surface area contributed by atoms with E-state index in [1.165, 1.54) is 12.1 Å². The van der Waals surface area contributed by atoms with E-state index in [2.05, 4.69) is 15.3 Å². The van der Waals surface area contributed by atoms with Crippen LogP contribution in [0.5, 0.6) is 0 Å². The predicted molar refractivity (Wildman–Crippen MR) is 131 cm³/mol. The molecule has 10 heteroatoms. The van der Waals surface area contributed by atoms with Crippen molar-refractivity contribution in [3.8, 4) is 11.1 Å². The van der Waals surface area contributed by atoms with Crippen LogP contribution in [-0.2, 0) is 27.1 Å². The minimum absolute atomic E-state index is 0.0634. The Balaban J connectivity index is 1.45. The van der Waals surface area contributed by atoms with Gasteiger partial charge in [-0.3, -0.25) is 14.4 Å². The van der Waals surface area contributed by atoms with Crippen molar-refractivity contribution >= 4 is 29.1 Å². The van der Waals surface area contributed by atoms with E-state index in [-0.39, 0.29) is 41.8 Å². The fraction of sp³-hybridized carbons (Fsp3) is 0.296. The maximum atomic E-state index is 13.2. The van der Waals surface area contributed by atoms with Gasteiger partial charge in [-0.05, 0) is 65.4 Å². The molecule has 37 heavy (non-hydrogen) atoms. The molecule has 1 amide bonds. The molecule has 6 nitrogen and oxygen atoms in total. The molecule has 2 unspecified atom stereocenters. The maximum absolute atomic E-state index is 13.2. The van der Waals surface area contributed by atoms with Crippen molar-refractivity contribution in [3.63, 3.8) is 0 Å². The number of Topliss-reactive ketones (excluding diaryl/α,β-unsaturated/α-hetero) is 2. The molecule has 0 bridgehead atoms. The zero-order valence-corrected chi connectivity index (χ0v) is 20.8. The number of carbonyl (C=O) groups excluding carboxylic acids is 3. The van der Waals surface area contributed by atoms with Gasteiger partial charge in [0, 0.05) is 43.3 Å². The van der Waals surface area contributed by atoms with Crippen LogP contribution in [0.1, 0.15) is 46.6 Å². The first-order chi connectivity index (χ1) is 17.4. The summed E-state index contributed by atoms with van der Waals surface area (Å²) in [6.45, 7) is 3.52. The second-order valence-corrected chi connectivity index (χ2v) is 9.48. The van der Waals surface area contributed by atoms with Crippen LogP contribution in [0.25, 0.3) is 11.1 Å². The first-order valence-corrected chi connectivity index (χ1v) is 11.9. The number of ketones is 2. The normalized spacial score (nSPS) is 17.8. The van der Waals surface area contributed by atoms with Crippen molar-refractivity contribution in [1.82, 2.24) is 15.3 Å². The Bertz CT molecular complexity index is 1350. The van der Waals surface area contributed by atoms with Crippen LogP contribution in [0.4, 0.5) is 13.2 Å². The van der Waals surface area contributed by atoms with E-state index >= 15 is 0 Å². The summed E-state index contributed by atoms with van der Waals surface area (Å²) < 4.78 is 38.7. The third-order valence-corrected chi connectivity index (χ3v) is 6.66. The molecule has 1 saturated carbocycles. The highest BCUT2D eigenvalue weighted by molar-refractivity contribution is 6.28. The van der Waals surface area contributed by atoms with E-state index in [9.17, 15) is 27.6 Å². The van der Waals surface area contributed by atoms with Crippen molar-refractivity contribution in [2.45, 2.75) is 45.3 Å². The Hall–Kier alpha value is -3.59. The number of alkyl halides is 3. The zero-order valence-electron chi connectivity index (χ0n) is 20.0. The summed E-state index contributed by atoms with van der Waals surface area (Å²) in [6, 6.07) is 8.36. The SMILES string of the molecule is Cc1cc(-c2cnc(Cl)nc2)cc(C)c1C1C(=O)CC(CC(=O)NCc2cccc(C(F)(F)F)c2)C1=O. The molecule has 0 aliphatic heterocycles. The van der Waals surface area contributed by atoms with Crippen LogP contribution < -0.4 is 5.32 Å². The first kappa shape index (κ1) is 26.5. The van der Waals surface area contributed by atoms with Crippen LogP contribution in [0.15, 0.2) is 48.8 Å². The topological polar surface area (TPSA) is 89.0 Å². The van der Waals surface area contributed by atoms with E-state index < -0.39 is 29.5 Å². The van der Waals surface area contributed by atoms with Gasteiger partial charge in [0.25, 0.3) is 0 Å². The monoisotopic (exact) mass is 529 g/mol. The average Bonchev–Trinajstić information content (AvgIpc) is 3.10. The van der Waals surface area contributed by atoms with Crippen molar-refractivity contribution in [2.24, 2.45) is 5.92 Å². The van der Waals surface area contributed by atoms with E-state index in [0.29, 0.717) is 5.56 Å². The Morgan fingerprint density at radius 3 is 2.32 bits per heavy atom. The lowest BCUT2D eigenvalue weighted by molar-refractivity contribution is -0.137. The highest BCUT2D eigenvalue weighted by Gasteiger charge is 2.43. The molecule has 1 aromatic heterocycles. The molecule has 0 saturated heterocycles. The van der Waals surface area contributed by atoms with Gasteiger partial charge in [0.05, 0.1) is 5.56 Å². The number of hydrogen-bond acceptors (Lipinski definition) is 5. The number of benzene rings is 2. The second-order valence-electron chi connectivity index (χ2n) is 9.15. The van der Waals surface area contributed by atoms with Crippen LogP contribution in [0.3, 0.4) is 0 Å². The third-order valence-electron chi connectivity index (χ3n) is 6.47. The summed E-state index contributed by atoms with van der Waals surface area (Å²) >= 11 is 5.76. The standard InChI is InChI=1S/C27H23ClF3N3O3/c1-14-6-17(19-12-33-26(28)34-13-19)7-15(2)23(14)24-21(35)9-18(25(24)37)10-22(36)32-11-16-4-3-5-20(8-16)27(29,30)31/h3-8,12-13,18,24H,9-11H2,1-2H3,(H,32,36). The summed E-state index contributed by atoms with van der Waals surface area (Å²) in [5.74, 6) is -2.84. The summed E-state index contributed by atoms with van der Waals surface area (Å²) in [6.07, 6.45) is -1.58. The Labute approximate surface area is 216 Å². The molecule has 0 radical (unpaired) electrons. The van der Waals surface area contributed by atoms with Crippen molar-refractivity contribution in [3.05, 3.63) is 81.9 Å². The number of carbonyl (C=O) groups is 3. The van der Waals surface area contributed by atoms with Crippen LogP contribution in [-0.4, -0.2) is 27.4 Å². The summed E-state index contributed by atoms with van der Waals surface area (Å²) in [5.41, 5.74) is 3.17. The molecule has 1 N–H and O–H groups in total. The Morgan fingerprint density at radius 1 is 1.05 bits per heavy atom. The first-order valence-electron chi connectivity index (χ1n) is 11.5. The van der Waals surface area contributed by atoms with Gasteiger partial charge in [0.1, 0.15) is 11.7 Å². The van der Waals surface area contributed by atoms with Gasteiger partial charge in [0.2, 0.25) is 11.2 Å². The molecule has 1 aliphatic rings. The molecule has 4 rings (SSSR count). The number of amides is 1. The highest BCUT2D eigenvalue weighted by atomic mass is 35.5. The summed E-state index contributed by atoms with van der Waals surface area (Å²) in [5, 5.41) is 2.68. The minimum atomic E-state index is -4.48. The summed E-state index contributed by atoms with van der Waals surface area (Å²) in [4.78, 5) is 46.6. The fourth-order valence-corrected chi connectivity index (χ4v) is 4.84. The molecule has 2 atom stereocenters. The van der Waals surface area contributed by atoms with Crippen molar-refractivity contribution < 1.29 is 27.6 Å². The predicted octanol–water partition coefficient (Wildman–Crippen LogP) is 5.38. The lowest BCUT2D eigenvalue weighted by atomic mass is 9.85. The number of nitrogens with one attached hydrogen (secondary N) is 1. The molecule has 1 fully saturated rings. The van der Waals surface area contributed by atoms with Crippen LogP contribution in [0.2, 0.25) is 5.28 Å². The van der Waals surface area contributed by atoms with Gasteiger partial charge in [-0.25, -0.2) is 9.97 Å². The van der Waals surface area contributed by atoms with Crippen molar-refractivity contribution in [2.75, 3.05) is 0 Å². The van der Waals surface area contributed by atoms with E-state index in [1.54, 1.807) is 12.4 Å². The zero-order chi connectivity index (χ0) is 26.9. The number of hydrogen-bond donors (Lipinski definition) is 1. The smallest absolute Gasteiger partial charge is 0.352 e. The van der Waals surface area contributed by atoms with Gasteiger partial charge in [0.15, 0.2) is 5.78 Å². The molecule has 2 aromatic carbocycles. The fourth-order valence-electron chi connectivity index (χ4n) is 4.74. The number of aryl methyl sites for hydroxylation is 2. The van der Waals surface area contributed by atoms with Crippen LogP contribution >= 0.6 is 11.6 Å². The lowest BCUT2D eigenvalue weighted by Gasteiger charge is -2.17. The van der Waals surface area contributed by atoms with Gasteiger partial charge in [-0.15, -0.1) is 0 Å². The number of rotatable bonds is 6. The molecular formula is C27H23ClF3N3O3. The van der Waals surface area contributed by atoms with Gasteiger partial charge in [-0.1, -0.05) is 24.3 Å². The summed E-state index contributed by atoms with van der Waals surface area (Å²) in [7, 11) is 0. The second kappa shape index (κ2) is 10.4. The molecule has 1 aliphatic carbocycles. The lowest BCUT2D eigenvalue weighted by Crippen LogP contribution is -2.27. The van der Waals surface area contributed by atoms with Crippen LogP contribution in [0, 0.1) is 19.8 Å². The average molecular weight is 530 g/mol. The quantitative estimate of drug-likeness (QED) is 0.342. The van der Waals surface area contributed by atoms with E-state index in [1.807, 2.05) is 26.0 Å². The largest absolute Gasteiger partial charge is 0.416 e. The molecule has 192 valence electrons. The number of aromatic nitrogens is 2. The minimum Gasteiger partial charge on any atom is -0.352 e.